The van der Waals surface area contributed by atoms with Crippen molar-refractivity contribution in [2.75, 3.05) is 5.75 Å². The molecule has 1 unspecified atom stereocenters. The second-order valence-corrected chi connectivity index (χ2v) is 5.65. The number of benzene rings is 1. The van der Waals surface area contributed by atoms with Gasteiger partial charge in [0.2, 0.25) is 0 Å². The van der Waals surface area contributed by atoms with Gasteiger partial charge in [0, 0.05) is 22.9 Å². The zero-order chi connectivity index (χ0) is 13.2. The molecule has 0 amide bonds. The molecule has 1 aliphatic heterocycles. The summed E-state index contributed by atoms with van der Waals surface area (Å²) in [5.41, 5.74) is 0.488. The number of nitrogens with zero attached hydrogens (tertiary/aromatic N) is 1. The minimum absolute atomic E-state index is 0.0742. The van der Waals surface area contributed by atoms with Gasteiger partial charge in [0.1, 0.15) is 11.6 Å². The molecule has 1 N–H and O–H groups in total. The largest absolute Gasteiger partial charge is 0.359 e. The molecule has 98 valence electrons. The van der Waals surface area contributed by atoms with Crippen molar-refractivity contribution in [3.8, 4) is 0 Å². The van der Waals surface area contributed by atoms with Gasteiger partial charge in [-0.05, 0) is 19.4 Å². The Hall–Kier alpha value is -1.10. The summed E-state index contributed by atoms with van der Waals surface area (Å²) in [6, 6.07) is 3.58. The van der Waals surface area contributed by atoms with Gasteiger partial charge in [0.15, 0.2) is 5.17 Å². The lowest BCUT2D eigenvalue weighted by atomic mass is 10.0. The Labute approximate surface area is 110 Å². The molecule has 18 heavy (non-hydrogen) atoms. The third-order valence-electron chi connectivity index (χ3n) is 3.12. The van der Waals surface area contributed by atoms with Gasteiger partial charge in [0.05, 0.1) is 6.54 Å². The summed E-state index contributed by atoms with van der Waals surface area (Å²) in [5.74, 6) is -0.134. The Kier molecular flexibility index (Phi) is 3.90. The Morgan fingerprint density at radius 2 is 2.22 bits per heavy atom. The van der Waals surface area contributed by atoms with E-state index in [0.717, 1.165) is 23.4 Å². The lowest BCUT2D eigenvalue weighted by Gasteiger charge is -2.20. The minimum Gasteiger partial charge on any atom is -0.359 e. The summed E-state index contributed by atoms with van der Waals surface area (Å²) < 4.78 is 26.2. The molecular weight excluding hydrogens is 254 g/mol. The van der Waals surface area contributed by atoms with Crippen LogP contribution < -0.4 is 5.32 Å². The Bertz CT molecular complexity index is 476. The van der Waals surface area contributed by atoms with Gasteiger partial charge in [-0.25, -0.2) is 8.78 Å². The van der Waals surface area contributed by atoms with E-state index < -0.39 is 11.6 Å². The molecule has 1 saturated heterocycles. The van der Waals surface area contributed by atoms with Crippen molar-refractivity contribution in [3.05, 3.63) is 35.4 Å². The lowest BCUT2D eigenvalue weighted by molar-refractivity contribution is 0.466. The van der Waals surface area contributed by atoms with Gasteiger partial charge in [0.25, 0.3) is 0 Å². The van der Waals surface area contributed by atoms with Crippen LogP contribution in [0.1, 0.15) is 25.8 Å². The zero-order valence-electron chi connectivity index (χ0n) is 10.5. The number of nitrogens with one attached hydrogen (secondary N) is 1. The van der Waals surface area contributed by atoms with Crippen LogP contribution >= 0.6 is 11.8 Å². The van der Waals surface area contributed by atoms with E-state index in [1.165, 1.54) is 12.1 Å². The van der Waals surface area contributed by atoms with E-state index in [0.29, 0.717) is 5.56 Å². The van der Waals surface area contributed by atoms with Gasteiger partial charge < -0.3 is 5.32 Å². The van der Waals surface area contributed by atoms with Crippen molar-refractivity contribution in [1.82, 2.24) is 5.32 Å². The van der Waals surface area contributed by atoms with E-state index in [1.54, 1.807) is 11.8 Å². The summed E-state index contributed by atoms with van der Waals surface area (Å²) in [6.45, 7) is 4.50. The molecular formula is C13H16F2N2S. The highest BCUT2D eigenvalue weighted by molar-refractivity contribution is 8.14. The molecule has 1 aliphatic rings. The number of hydrogen-bond donors (Lipinski definition) is 1. The van der Waals surface area contributed by atoms with E-state index in [4.69, 9.17) is 0 Å². The van der Waals surface area contributed by atoms with Crippen LogP contribution in [0.4, 0.5) is 8.78 Å². The fourth-order valence-corrected chi connectivity index (χ4v) is 2.85. The van der Waals surface area contributed by atoms with Crippen LogP contribution in [0.15, 0.2) is 23.2 Å². The first kappa shape index (κ1) is 13.3. The first-order chi connectivity index (χ1) is 8.52. The number of hydrogen-bond acceptors (Lipinski definition) is 2. The second-order valence-electron chi connectivity index (χ2n) is 4.69. The molecule has 0 aliphatic carbocycles. The molecule has 2 rings (SSSR count). The maximum absolute atomic E-state index is 13.4. The van der Waals surface area contributed by atoms with Crippen molar-refractivity contribution < 1.29 is 8.78 Å². The maximum Gasteiger partial charge on any atom is 0.157 e. The van der Waals surface area contributed by atoms with E-state index in [9.17, 15) is 8.78 Å². The molecule has 1 heterocycles. The van der Waals surface area contributed by atoms with E-state index >= 15 is 0 Å². The Balaban J connectivity index is 2.03. The zero-order valence-corrected chi connectivity index (χ0v) is 11.3. The number of amidine groups is 1. The fourth-order valence-electron chi connectivity index (χ4n) is 1.64. The first-order valence-electron chi connectivity index (χ1n) is 5.92. The minimum atomic E-state index is -0.559. The SMILES string of the molecule is CCC1(C)CSC(=NCc2ccc(F)cc2F)N1. The molecule has 1 aromatic rings. The summed E-state index contributed by atoms with van der Waals surface area (Å²) in [6.07, 6.45) is 1.02. The van der Waals surface area contributed by atoms with Crippen molar-refractivity contribution in [2.45, 2.75) is 32.4 Å². The monoisotopic (exact) mass is 270 g/mol. The standard InChI is InChI=1S/C13H16F2N2S/c1-3-13(2)8-18-12(17-13)16-7-9-4-5-10(14)6-11(9)15/h4-6H,3,7-8H2,1-2H3,(H,16,17). The molecule has 0 aromatic heterocycles. The lowest BCUT2D eigenvalue weighted by Crippen LogP contribution is -2.39. The van der Waals surface area contributed by atoms with Crippen LogP contribution in [-0.4, -0.2) is 16.5 Å². The molecule has 0 bridgehead atoms. The van der Waals surface area contributed by atoms with Crippen LogP contribution in [0.5, 0.6) is 0 Å². The predicted molar refractivity (Wildman–Crippen MR) is 71.8 cm³/mol. The summed E-state index contributed by atoms with van der Waals surface area (Å²) in [5, 5.41) is 4.17. The van der Waals surface area contributed by atoms with Crippen LogP contribution in [0.2, 0.25) is 0 Å². The number of aliphatic imine (C=N–C) groups is 1. The third-order valence-corrected chi connectivity index (χ3v) is 4.41. The Morgan fingerprint density at radius 3 is 2.83 bits per heavy atom. The van der Waals surface area contributed by atoms with Gasteiger partial charge in [-0.3, -0.25) is 4.99 Å². The quantitative estimate of drug-likeness (QED) is 0.911. The van der Waals surface area contributed by atoms with Crippen molar-refractivity contribution in [3.63, 3.8) is 0 Å². The highest BCUT2D eigenvalue weighted by atomic mass is 32.2. The Morgan fingerprint density at radius 1 is 1.44 bits per heavy atom. The first-order valence-corrected chi connectivity index (χ1v) is 6.90. The van der Waals surface area contributed by atoms with Crippen molar-refractivity contribution >= 4 is 16.9 Å². The van der Waals surface area contributed by atoms with Crippen LogP contribution in [-0.2, 0) is 6.54 Å². The molecule has 5 heteroatoms. The van der Waals surface area contributed by atoms with Gasteiger partial charge in [-0.2, -0.15) is 0 Å². The van der Waals surface area contributed by atoms with E-state index in [2.05, 4.69) is 24.2 Å². The topological polar surface area (TPSA) is 24.4 Å². The summed E-state index contributed by atoms with van der Waals surface area (Å²) in [7, 11) is 0. The van der Waals surface area contributed by atoms with Crippen molar-refractivity contribution in [2.24, 2.45) is 4.99 Å². The van der Waals surface area contributed by atoms with Crippen LogP contribution in [0, 0.1) is 11.6 Å². The predicted octanol–water partition coefficient (Wildman–Crippen LogP) is 3.33. The number of halogens is 2. The highest BCUT2D eigenvalue weighted by Gasteiger charge is 2.30. The van der Waals surface area contributed by atoms with E-state index in [-0.39, 0.29) is 12.1 Å². The average Bonchev–Trinajstić information content (AvgIpc) is 2.71. The normalized spacial score (nSPS) is 25.4. The second kappa shape index (κ2) is 5.26. The molecule has 1 atom stereocenters. The smallest absolute Gasteiger partial charge is 0.157 e. The molecule has 0 saturated carbocycles. The number of thioether (sulfide) groups is 1. The van der Waals surface area contributed by atoms with Crippen LogP contribution in [0.3, 0.4) is 0 Å². The molecule has 1 aromatic carbocycles. The van der Waals surface area contributed by atoms with Crippen LogP contribution in [0.25, 0.3) is 0 Å². The van der Waals surface area contributed by atoms with Crippen molar-refractivity contribution in [1.29, 1.82) is 0 Å². The molecule has 0 radical (unpaired) electrons. The fraction of sp³-hybridized carbons (Fsp3) is 0.462. The maximum atomic E-state index is 13.4. The van der Waals surface area contributed by atoms with Gasteiger partial charge in [-0.1, -0.05) is 24.8 Å². The van der Waals surface area contributed by atoms with Gasteiger partial charge >= 0.3 is 0 Å². The highest BCUT2D eigenvalue weighted by Crippen LogP contribution is 2.25. The summed E-state index contributed by atoms with van der Waals surface area (Å²) >= 11 is 1.64. The summed E-state index contributed by atoms with van der Waals surface area (Å²) in [4.78, 5) is 4.33. The van der Waals surface area contributed by atoms with E-state index in [1.807, 2.05) is 0 Å². The molecule has 2 nitrogen and oxygen atoms in total. The number of rotatable bonds is 3. The third kappa shape index (κ3) is 3.02. The molecule has 0 spiro atoms. The van der Waals surface area contributed by atoms with Gasteiger partial charge in [-0.15, -0.1) is 0 Å². The molecule has 1 fully saturated rings. The average molecular weight is 270 g/mol.